The summed E-state index contributed by atoms with van der Waals surface area (Å²) < 4.78 is 32.4. The summed E-state index contributed by atoms with van der Waals surface area (Å²) in [6.45, 7) is 3.38. The second kappa shape index (κ2) is 4.16. The minimum atomic E-state index is -0.670. The van der Waals surface area contributed by atoms with Gasteiger partial charge in [0, 0.05) is 5.56 Å². The fourth-order valence-corrected chi connectivity index (χ4v) is 1.73. The number of nitrogen functional groups attached to an aromatic ring is 1. The predicted molar refractivity (Wildman–Crippen MR) is 60.4 cm³/mol. The normalized spacial score (nSPS) is 10.8. The number of aromatic nitrogens is 1. The minimum absolute atomic E-state index is 0.0998. The van der Waals surface area contributed by atoms with E-state index in [1.54, 1.807) is 6.92 Å². The molecule has 0 fully saturated rings. The van der Waals surface area contributed by atoms with Gasteiger partial charge >= 0.3 is 0 Å². The molecule has 2 aromatic rings. The maximum Gasteiger partial charge on any atom is 0.225 e. The first kappa shape index (κ1) is 11.6. The maximum absolute atomic E-state index is 13.9. The van der Waals surface area contributed by atoms with Crippen LogP contribution in [0.2, 0.25) is 0 Å². The van der Waals surface area contributed by atoms with E-state index in [4.69, 9.17) is 10.3 Å². The van der Waals surface area contributed by atoms with Gasteiger partial charge in [0.25, 0.3) is 0 Å². The molecule has 0 saturated heterocycles. The summed E-state index contributed by atoms with van der Waals surface area (Å²) in [4.78, 5) is 0. The lowest BCUT2D eigenvalue weighted by atomic mass is 10.0. The van der Waals surface area contributed by atoms with Gasteiger partial charge in [0.2, 0.25) is 5.88 Å². The highest BCUT2D eigenvalue weighted by Gasteiger charge is 2.21. The lowest BCUT2D eigenvalue weighted by Crippen LogP contribution is -1.97. The summed E-state index contributed by atoms with van der Waals surface area (Å²) in [7, 11) is 0. The van der Waals surface area contributed by atoms with Gasteiger partial charge in [-0.05, 0) is 25.0 Å². The van der Waals surface area contributed by atoms with Crippen LogP contribution in [0, 0.1) is 18.6 Å². The van der Waals surface area contributed by atoms with Gasteiger partial charge in [-0.15, -0.1) is 0 Å². The van der Waals surface area contributed by atoms with Crippen LogP contribution >= 0.6 is 0 Å². The zero-order valence-corrected chi connectivity index (χ0v) is 9.55. The number of benzene rings is 1. The lowest BCUT2D eigenvalue weighted by Gasteiger charge is -2.05. The van der Waals surface area contributed by atoms with Gasteiger partial charge in [-0.1, -0.05) is 18.1 Å². The molecule has 3 nitrogen and oxygen atoms in total. The van der Waals surface area contributed by atoms with Gasteiger partial charge in [0.15, 0.2) is 0 Å². The van der Waals surface area contributed by atoms with Crippen LogP contribution < -0.4 is 5.73 Å². The topological polar surface area (TPSA) is 52.0 Å². The number of halogens is 2. The fraction of sp³-hybridized carbons (Fsp3) is 0.250. The zero-order chi connectivity index (χ0) is 12.6. The molecule has 0 aliphatic carbocycles. The Bertz CT molecular complexity index is 564. The summed E-state index contributed by atoms with van der Waals surface area (Å²) in [6, 6.07) is 2.58. The number of rotatable bonds is 2. The second-order valence-electron chi connectivity index (χ2n) is 3.78. The third-order valence-electron chi connectivity index (χ3n) is 2.69. The predicted octanol–water partition coefficient (Wildman–Crippen LogP) is 3.07. The maximum atomic E-state index is 13.9. The Morgan fingerprint density at radius 2 is 2.06 bits per heavy atom. The molecule has 5 heteroatoms. The summed E-state index contributed by atoms with van der Waals surface area (Å²) in [5.74, 6) is -1.20. The molecular weight excluding hydrogens is 226 g/mol. The van der Waals surface area contributed by atoms with Gasteiger partial charge in [-0.3, -0.25) is 0 Å². The van der Waals surface area contributed by atoms with E-state index < -0.39 is 11.6 Å². The third kappa shape index (κ3) is 1.77. The molecule has 0 saturated carbocycles. The zero-order valence-electron chi connectivity index (χ0n) is 9.55. The van der Waals surface area contributed by atoms with Crippen molar-refractivity contribution in [3.05, 3.63) is 34.9 Å². The van der Waals surface area contributed by atoms with Crippen LogP contribution in [0.4, 0.5) is 14.7 Å². The van der Waals surface area contributed by atoms with Crippen molar-refractivity contribution in [2.24, 2.45) is 0 Å². The largest absolute Gasteiger partial charge is 0.367 e. The first-order chi connectivity index (χ1) is 8.06. The molecular formula is C12H12F2N2O. The van der Waals surface area contributed by atoms with Crippen molar-refractivity contribution < 1.29 is 13.3 Å². The van der Waals surface area contributed by atoms with Crippen LogP contribution in [-0.2, 0) is 6.42 Å². The highest BCUT2D eigenvalue weighted by molar-refractivity contribution is 5.68. The molecule has 1 aromatic carbocycles. The van der Waals surface area contributed by atoms with Crippen molar-refractivity contribution in [2.75, 3.05) is 5.73 Å². The van der Waals surface area contributed by atoms with E-state index in [9.17, 15) is 8.78 Å². The number of hydrogen-bond donors (Lipinski definition) is 1. The minimum Gasteiger partial charge on any atom is -0.367 e. The summed E-state index contributed by atoms with van der Waals surface area (Å²) in [5, 5.41) is 3.64. The Hall–Kier alpha value is -1.91. The van der Waals surface area contributed by atoms with Crippen LogP contribution in [0.15, 0.2) is 16.7 Å². The van der Waals surface area contributed by atoms with E-state index in [0.717, 1.165) is 0 Å². The van der Waals surface area contributed by atoms with E-state index in [-0.39, 0.29) is 17.1 Å². The van der Waals surface area contributed by atoms with Gasteiger partial charge in [0.1, 0.15) is 17.3 Å². The van der Waals surface area contributed by atoms with E-state index in [2.05, 4.69) is 5.16 Å². The average molecular weight is 238 g/mol. The number of nitrogens with zero attached hydrogens (tertiary/aromatic N) is 1. The van der Waals surface area contributed by atoms with Gasteiger partial charge in [0.05, 0.1) is 5.56 Å². The monoisotopic (exact) mass is 238 g/mol. The molecule has 0 amide bonds. The molecule has 2 N–H and O–H groups in total. The molecule has 0 radical (unpaired) electrons. The Morgan fingerprint density at radius 1 is 1.35 bits per heavy atom. The molecule has 0 spiro atoms. The van der Waals surface area contributed by atoms with E-state index in [1.165, 1.54) is 12.1 Å². The molecule has 0 aliphatic rings. The number of hydrogen-bond acceptors (Lipinski definition) is 3. The fourth-order valence-electron chi connectivity index (χ4n) is 1.73. The van der Waals surface area contributed by atoms with Crippen LogP contribution in [0.1, 0.15) is 18.1 Å². The van der Waals surface area contributed by atoms with Crippen molar-refractivity contribution in [1.82, 2.24) is 5.16 Å². The van der Waals surface area contributed by atoms with Gasteiger partial charge in [-0.25, -0.2) is 8.78 Å². The van der Waals surface area contributed by atoms with Crippen molar-refractivity contribution >= 4 is 5.88 Å². The Morgan fingerprint density at radius 3 is 2.71 bits per heavy atom. The third-order valence-corrected chi connectivity index (χ3v) is 2.69. The Labute approximate surface area is 97.2 Å². The highest BCUT2D eigenvalue weighted by Crippen LogP contribution is 2.32. The molecule has 0 atom stereocenters. The standard InChI is InChI=1S/C12H12F2N2O/c1-3-7-11(16-17-12(7)15)9-8(13)5-4-6(2)10(9)14/h4-5H,3,15H2,1-2H3. The number of anilines is 1. The number of aryl methyl sites for hydroxylation is 1. The molecule has 2 rings (SSSR count). The Kier molecular flexibility index (Phi) is 2.83. The average Bonchev–Trinajstić information content (AvgIpc) is 2.66. The molecule has 90 valence electrons. The summed E-state index contributed by atoms with van der Waals surface area (Å²) >= 11 is 0. The molecule has 0 bridgehead atoms. The first-order valence-electron chi connectivity index (χ1n) is 5.25. The Balaban J connectivity index is 2.72. The summed E-state index contributed by atoms with van der Waals surface area (Å²) in [6.07, 6.45) is 0.498. The van der Waals surface area contributed by atoms with Crippen LogP contribution in [0.25, 0.3) is 11.3 Å². The molecule has 0 aliphatic heterocycles. The van der Waals surface area contributed by atoms with Crippen molar-refractivity contribution in [1.29, 1.82) is 0 Å². The van der Waals surface area contributed by atoms with Gasteiger partial charge in [-0.2, -0.15) is 0 Å². The SMILES string of the molecule is CCc1c(-c2c(F)ccc(C)c2F)noc1N. The lowest BCUT2D eigenvalue weighted by molar-refractivity contribution is 0.437. The highest BCUT2D eigenvalue weighted by atomic mass is 19.1. The molecule has 1 aromatic heterocycles. The molecule has 17 heavy (non-hydrogen) atoms. The van der Waals surface area contributed by atoms with E-state index in [1.807, 2.05) is 6.92 Å². The van der Waals surface area contributed by atoms with Crippen LogP contribution in [-0.4, -0.2) is 5.16 Å². The van der Waals surface area contributed by atoms with E-state index in [0.29, 0.717) is 17.5 Å². The van der Waals surface area contributed by atoms with Crippen molar-refractivity contribution in [3.8, 4) is 11.3 Å². The van der Waals surface area contributed by atoms with Crippen molar-refractivity contribution in [3.63, 3.8) is 0 Å². The van der Waals surface area contributed by atoms with Crippen LogP contribution in [0.5, 0.6) is 0 Å². The van der Waals surface area contributed by atoms with E-state index >= 15 is 0 Å². The van der Waals surface area contributed by atoms with Gasteiger partial charge < -0.3 is 10.3 Å². The summed E-state index contributed by atoms with van der Waals surface area (Å²) in [5.41, 5.74) is 6.39. The molecule has 1 heterocycles. The van der Waals surface area contributed by atoms with Crippen LogP contribution in [0.3, 0.4) is 0 Å². The van der Waals surface area contributed by atoms with Crippen molar-refractivity contribution in [2.45, 2.75) is 20.3 Å². The smallest absolute Gasteiger partial charge is 0.225 e. The quantitative estimate of drug-likeness (QED) is 0.874. The first-order valence-corrected chi connectivity index (χ1v) is 5.25. The second-order valence-corrected chi connectivity index (χ2v) is 3.78. The number of nitrogens with two attached hydrogens (primary N) is 1. The molecule has 0 unspecified atom stereocenters.